The lowest BCUT2D eigenvalue weighted by molar-refractivity contribution is 0.00546. The van der Waals surface area contributed by atoms with Crippen LogP contribution in [0, 0.1) is 0 Å². The number of nitrogens with one attached hydrogen (secondary N) is 1. The first-order valence-corrected chi connectivity index (χ1v) is 13.3. The Kier molecular flexibility index (Phi) is 8.29. The molecular formula is C30H34ClN3O3. The molecule has 0 spiro atoms. The number of ether oxygens (including phenoxy) is 2. The summed E-state index contributed by atoms with van der Waals surface area (Å²) < 4.78 is 11.9. The van der Waals surface area contributed by atoms with Gasteiger partial charge in [-0.2, -0.15) is 0 Å². The Bertz CT molecular complexity index is 1180. The van der Waals surface area contributed by atoms with Crippen LogP contribution >= 0.6 is 11.6 Å². The molecule has 0 radical (unpaired) electrons. The lowest BCUT2D eigenvalue weighted by Crippen LogP contribution is -2.52. The second kappa shape index (κ2) is 12.0. The third kappa shape index (κ3) is 6.83. The molecule has 2 fully saturated rings. The van der Waals surface area contributed by atoms with Gasteiger partial charge in [0.05, 0.1) is 19.8 Å². The van der Waals surface area contributed by atoms with Crippen LogP contribution < -0.4 is 10.1 Å². The van der Waals surface area contributed by atoms with Gasteiger partial charge in [0.2, 0.25) is 0 Å². The average molecular weight is 520 g/mol. The molecule has 2 aliphatic rings. The molecule has 3 atom stereocenters. The van der Waals surface area contributed by atoms with Gasteiger partial charge in [-0.15, -0.1) is 0 Å². The van der Waals surface area contributed by atoms with Crippen molar-refractivity contribution in [1.29, 1.82) is 0 Å². The fourth-order valence-electron chi connectivity index (χ4n) is 4.96. The van der Waals surface area contributed by atoms with E-state index >= 15 is 0 Å². The highest BCUT2D eigenvalue weighted by Gasteiger charge is 2.40. The zero-order valence-corrected chi connectivity index (χ0v) is 21.9. The second-order valence-corrected chi connectivity index (χ2v) is 10.2. The van der Waals surface area contributed by atoms with Crippen LogP contribution in [0.3, 0.4) is 0 Å². The van der Waals surface area contributed by atoms with Crippen LogP contribution in [0.4, 0.5) is 4.79 Å². The molecule has 194 valence electrons. The summed E-state index contributed by atoms with van der Waals surface area (Å²) in [6, 6.07) is 26.5. The zero-order chi connectivity index (χ0) is 25.6. The Morgan fingerprint density at radius 1 is 1.00 bits per heavy atom. The van der Waals surface area contributed by atoms with Gasteiger partial charge in [-0.05, 0) is 47.4 Å². The van der Waals surface area contributed by atoms with Crippen LogP contribution in [-0.4, -0.2) is 61.7 Å². The smallest absolute Gasteiger partial charge is 0.317 e. The molecular weight excluding hydrogens is 486 g/mol. The van der Waals surface area contributed by atoms with Crippen molar-refractivity contribution in [3.63, 3.8) is 0 Å². The molecule has 1 aliphatic carbocycles. The molecule has 1 heterocycles. The lowest BCUT2D eigenvalue weighted by atomic mass is 10.1. The Hall–Kier alpha value is -3.06. The maximum absolute atomic E-state index is 12.9. The van der Waals surface area contributed by atoms with Gasteiger partial charge < -0.3 is 19.7 Å². The largest absolute Gasteiger partial charge is 0.497 e. The molecule has 6 nitrogen and oxygen atoms in total. The van der Waals surface area contributed by atoms with Gasteiger partial charge >= 0.3 is 6.03 Å². The van der Waals surface area contributed by atoms with E-state index in [1.165, 1.54) is 5.56 Å². The molecule has 2 amide bonds. The number of halogens is 1. The number of carbonyl (C=O) groups excluding carboxylic acids is 1. The van der Waals surface area contributed by atoms with Crippen LogP contribution in [0.5, 0.6) is 5.75 Å². The molecule has 7 heteroatoms. The highest BCUT2D eigenvalue weighted by atomic mass is 35.5. The summed E-state index contributed by atoms with van der Waals surface area (Å²) in [5.41, 5.74) is 3.41. The van der Waals surface area contributed by atoms with Crippen LogP contribution in [0.25, 0.3) is 0 Å². The van der Waals surface area contributed by atoms with Gasteiger partial charge in [-0.1, -0.05) is 66.2 Å². The van der Waals surface area contributed by atoms with Crippen molar-refractivity contribution in [3.8, 4) is 5.75 Å². The van der Waals surface area contributed by atoms with Crippen molar-refractivity contribution >= 4 is 17.6 Å². The predicted molar refractivity (Wildman–Crippen MR) is 146 cm³/mol. The van der Waals surface area contributed by atoms with Crippen LogP contribution in [0.2, 0.25) is 5.02 Å². The van der Waals surface area contributed by atoms with Crippen LogP contribution in [0.1, 0.15) is 35.1 Å². The Balaban J connectivity index is 1.15. The van der Waals surface area contributed by atoms with Crippen molar-refractivity contribution in [2.24, 2.45) is 0 Å². The van der Waals surface area contributed by atoms with E-state index in [1.807, 2.05) is 53.4 Å². The fourth-order valence-corrected chi connectivity index (χ4v) is 5.17. The minimum atomic E-state index is -0.132. The van der Waals surface area contributed by atoms with Gasteiger partial charge in [0.25, 0.3) is 0 Å². The van der Waals surface area contributed by atoms with E-state index in [0.717, 1.165) is 42.9 Å². The number of urea groups is 1. The molecule has 3 aromatic rings. The standard InChI is InChI=1S/C30H34ClN3O3/c1-36-26-12-6-10-24(18-26)29(37-21-22-7-5-11-25(31)17-22)20-33-13-15-34(16-14-33)30(35)32-28-19-27(28)23-8-3-2-4-9-23/h2-12,17-18,27-29H,13-16,19-21H2,1H3,(H,32,35)/t27-,28+,29-/m0/s1. The number of benzene rings is 3. The number of piperazine rings is 1. The van der Waals surface area contributed by atoms with Crippen molar-refractivity contribution in [3.05, 3.63) is 101 Å². The van der Waals surface area contributed by atoms with Gasteiger partial charge in [0.15, 0.2) is 0 Å². The van der Waals surface area contributed by atoms with Crippen molar-refractivity contribution in [2.75, 3.05) is 39.8 Å². The lowest BCUT2D eigenvalue weighted by Gasteiger charge is -2.36. The molecule has 1 saturated carbocycles. The summed E-state index contributed by atoms with van der Waals surface area (Å²) in [4.78, 5) is 17.2. The number of rotatable bonds is 9. The Morgan fingerprint density at radius 3 is 2.54 bits per heavy atom. The Morgan fingerprint density at radius 2 is 1.78 bits per heavy atom. The van der Waals surface area contributed by atoms with Gasteiger partial charge in [0, 0.05) is 49.7 Å². The van der Waals surface area contributed by atoms with E-state index in [9.17, 15) is 4.79 Å². The minimum Gasteiger partial charge on any atom is -0.497 e. The first kappa shape index (κ1) is 25.6. The molecule has 0 aromatic heterocycles. The predicted octanol–water partition coefficient (Wildman–Crippen LogP) is 5.49. The Labute approximate surface area is 224 Å². The molecule has 1 aliphatic heterocycles. The normalized spacial score (nSPS) is 20.3. The summed E-state index contributed by atoms with van der Waals surface area (Å²) in [6.45, 7) is 4.22. The quantitative estimate of drug-likeness (QED) is 0.406. The summed E-state index contributed by atoms with van der Waals surface area (Å²) in [6.07, 6.45) is 0.884. The molecule has 0 unspecified atom stereocenters. The number of hydrogen-bond donors (Lipinski definition) is 1. The molecule has 3 aromatic carbocycles. The highest BCUT2D eigenvalue weighted by Crippen LogP contribution is 2.40. The van der Waals surface area contributed by atoms with E-state index < -0.39 is 0 Å². The number of methoxy groups -OCH3 is 1. The number of nitrogens with zero attached hydrogens (tertiary/aromatic N) is 2. The minimum absolute atomic E-state index is 0.0460. The third-order valence-corrected chi connectivity index (χ3v) is 7.45. The van der Waals surface area contributed by atoms with Gasteiger partial charge in [0.1, 0.15) is 5.75 Å². The second-order valence-electron chi connectivity index (χ2n) is 9.80. The number of carbonyl (C=O) groups is 1. The van der Waals surface area contributed by atoms with E-state index in [4.69, 9.17) is 21.1 Å². The molecule has 0 bridgehead atoms. The molecule has 1 N–H and O–H groups in total. The van der Waals surface area contributed by atoms with Crippen LogP contribution in [0.15, 0.2) is 78.9 Å². The highest BCUT2D eigenvalue weighted by molar-refractivity contribution is 6.30. The SMILES string of the molecule is COc1cccc([C@H](CN2CCN(C(=O)N[C@@H]3C[C@H]3c3ccccc3)CC2)OCc2cccc(Cl)c2)c1. The maximum Gasteiger partial charge on any atom is 0.317 e. The number of hydrogen-bond acceptors (Lipinski definition) is 4. The van der Waals surface area contributed by atoms with E-state index in [-0.39, 0.29) is 18.2 Å². The van der Waals surface area contributed by atoms with Gasteiger partial charge in [-0.25, -0.2) is 4.79 Å². The molecule has 1 saturated heterocycles. The molecule has 5 rings (SSSR count). The summed E-state index contributed by atoms with van der Waals surface area (Å²) in [7, 11) is 1.68. The number of amides is 2. The van der Waals surface area contributed by atoms with E-state index in [1.54, 1.807) is 7.11 Å². The van der Waals surface area contributed by atoms with Crippen molar-refractivity contribution < 1.29 is 14.3 Å². The summed E-state index contributed by atoms with van der Waals surface area (Å²) >= 11 is 6.17. The first-order valence-electron chi connectivity index (χ1n) is 12.9. The maximum atomic E-state index is 12.9. The summed E-state index contributed by atoms with van der Waals surface area (Å²) in [5.74, 6) is 1.25. The molecule has 37 heavy (non-hydrogen) atoms. The fraction of sp³-hybridized carbons (Fsp3) is 0.367. The zero-order valence-electron chi connectivity index (χ0n) is 21.2. The van der Waals surface area contributed by atoms with Crippen molar-refractivity contribution in [1.82, 2.24) is 15.1 Å². The summed E-state index contributed by atoms with van der Waals surface area (Å²) in [5, 5.41) is 3.93. The average Bonchev–Trinajstić information content (AvgIpc) is 3.71. The van der Waals surface area contributed by atoms with Crippen LogP contribution in [-0.2, 0) is 11.3 Å². The van der Waals surface area contributed by atoms with Gasteiger partial charge in [-0.3, -0.25) is 4.90 Å². The van der Waals surface area contributed by atoms with E-state index in [2.05, 4.69) is 40.5 Å². The van der Waals surface area contributed by atoms with Crippen molar-refractivity contribution in [2.45, 2.75) is 31.1 Å². The van der Waals surface area contributed by atoms with E-state index in [0.29, 0.717) is 30.6 Å². The third-order valence-electron chi connectivity index (χ3n) is 7.22. The monoisotopic (exact) mass is 519 g/mol. The first-order chi connectivity index (χ1) is 18.1. The topological polar surface area (TPSA) is 54.0 Å².